The van der Waals surface area contributed by atoms with Crippen molar-refractivity contribution in [3.05, 3.63) is 27.3 Å². The van der Waals surface area contributed by atoms with Crippen LogP contribution in [-0.4, -0.2) is 34.7 Å². The molecule has 2 rings (SSSR count). The zero-order valence-electron chi connectivity index (χ0n) is 12.6. The number of sulfonamides is 2. The summed E-state index contributed by atoms with van der Waals surface area (Å²) in [5.74, 6) is 0. The third-order valence-corrected chi connectivity index (χ3v) is 6.23. The quantitative estimate of drug-likeness (QED) is 0.326. The van der Waals surface area contributed by atoms with Crippen LogP contribution < -0.4 is 15.2 Å². The van der Waals surface area contributed by atoms with Crippen molar-refractivity contribution < 1.29 is 26.8 Å². The summed E-state index contributed by atoms with van der Waals surface area (Å²) in [5.41, 5.74) is 0.141. The molecule has 4 N–H and O–H groups in total. The number of nitrogens with zero attached hydrogens (tertiary/aromatic N) is 1. The second-order valence-electron chi connectivity index (χ2n) is 5.19. The van der Waals surface area contributed by atoms with E-state index in [1.165, 1.54) is 6.07 Å². The molecule has 1 aromatic rings. The van der Waals surface area contributed by atoms with Gasteiger partial charge in [-0.2, -0.15) is 4.72 Å². The fourth-order valence-electron chi connectivity index (χ4n) is 2.28. The van der Waals surface area contributed by atoms with E-state index >= 15 is 0 Å². The molecule has 25 heavy (non-hydrogen) atoms. The van der Waals surface area contributed by atoms with Gasteiger partial charge in [0, 0.05) is 0 Å². The lowest BCUT2D eigenvalue weighted by Crippen LogP contribution is -2.44. The van der Waals surface area contributed by atoms with Crippen molar-refractivity contribution in [2.45, 2.75) is 35.2 Å². The highest BCUT2D eigenvalue weighted by Gasteiger charge is 2.31. The van der Waals surface area contributed by atoms with E-state index < -0.39 is 36.2 Å². The van der Waals surface area contributed by atoms with Gasteiger partial charge >= 0.3 is 0 Å². The van der Waals surface area contributed by atoms with Gasteiger partial charge in [0.1, 0.15) is 9.79 Å². The molecule has 0 saturated heterocycles. The van der Waals surface area contributed by atoms with Gasteiger partial charge in [0.25, 0.3) is 5.09 Å². The molecule has 14 heteroatoms. The second kappa shape index (κ2) is 7.29. The van der Waals surface area contributed by atoms with E-state index in [-0.39, 0.29) is 22.2 Å². The molecule has 0 spiro atoms. The van der Waals surface area contributed by atoms with Gasteiger partial charge in [-0.1, -0.05) is 11.6 Å². The van der Waals surface area contributed by atoms with Crippen LogP contribution in [0.1, 0.15) is 19.3 Å². The van der Waals surface area contributed by atoms with Crippen LogP contribution in [0.3, 0.4) is 0 Å². The third-order valence-electron chi connectivity index (χ3n) is 3.34. The largest absolute Gasteiger partial charge is 0.368 e. The SMILES string of the molecule is NS(=O)(=O)c1cc2c(cc1Cl)NC(CCCCO[N+](=O)[O-])NS2(=O)=O. The Labute approximate surface area is 148 Å². The highest BCUT2D eigenvalue weighted by atomic mass is 35.5. The Hall–Kier alpha value is -1.67. The van der Waals surface area contributed by atoms with Crippen molar-refractivity contribution in [3.8, 4) is 0 Å². The van der Waals surface area contributed by atoms with Crippen molar-refractivity contribution in [3.63, 3.8) is 0 Å². The summed E-state index contributed by atoms with van der Waals surface area (Å²) >= 11 is 5.87. The molecule has 140 valence electrons. The zero-order chi connectivity index (χ0) is 18.8. The molecular formula is C11H15ClN4O7S2. The summed E-state index contributed by atoms with van der Waals surface area (Å²) in [7, 11) is -8.16. The Bertz CT molecular complexity index is 888. The Morgan fingerprint density at radius 1 is 1.36 bits per heavy atom. The lowest BCUT2D eigenvalue weighted by Gasteiger charge is -2.28. The van der Waals surface area contributed by atoms with E-state index in [1.54, 1.807) is 0 Å². The van der Waals surface area contributed by atoms with Crippen LogP contribution in [-0.2, 0) is 24.9 Å². The molecule has 0 radical (unpaired) electrons. The van der Waals surface area contributed by atoms with E-state index in [2.05, 4.69) is 14.9 Å². The normalized spacial score (nSPS) is 18.9. The number of primary sulfonamides is 1. The van der Waals surface area contributed by atoms with Gasteiger partial charge in [-0.05, 0) is 31.4 Å². The number of hydrogen-bond donors (Lipinski definition) is 3. The molecule has 0 aliphatic carbocycles. The van der Waals surface area contributed by atoms with Crippen LogP contribution in [0.25, 0.3) is 0 Å². The summed E-state index contributed by atoms with van der Waals surface area (Å²) in [6, 6.07) is 2.07. The average molecular weight is 415 g/mol. The molecule has 0 amide bonds. The predicted octanol–water partition coefficient (Wildman–Crippen LogP) is 0.396. The maximum Gasteiger partial charge on any atom is 0.294 e. The summed E-state index contributed by atoms with van der Waals surface area (Å²) in [6.07, 6.45) is 0.462. The molecule has 1 unspecified atom stereocenters. The smallest absolute Gasteiger partial charge is 0.294 e. The minimum absolute atomic E-state index is 0.0907. The number of rotatable bonds is 7. The standard InChI is InChI=1S/C11H15ClN4O7S2/c12-7-5-8-10(6-9(7)24(13,19)20)25(21,22)15-11(14-8)3-1-2-4-23-16(17)18/h5-6,11,14-15H,1-4H2,(H2,13,19,20). The highest BCUT2D eigenvalue weighted by Crippen LogP contribution is 2.34. The van der Waals surface area contributed by atoms with Crippen LogP contribution in [0.5, 0.6) is 0 Å². The van der Waals surface area contributed by atoms with Crippen LogP contribution in [0.2, 0.25) is 5.02 Å². The second-order valence-corrected chi connectivity index (χ2v) is 8.81. The summed E-state index contributed by atoms with van der Waals surface area (Å²) in [6.45, 7) is -0.0907. The van der Waals surface area contributed by atoms with E-state index in [9.17, 15) is 26.9 Å². The van der Waals surface area contributed by atoms with Crippen molar-refractivity contribution in [2.75, 3.05) is 11.9 Å². The van der Waals surface area contributed by atoms with Crippen molar-refractivity contribution in [2.24, 2.45) is 5.14 Å². The summed E-state index contributed by atoms with van der Waals surface area (Å²) in [4.78, 5) is 13.4. The topological polar surface area (TPSA) is 171 Å². The van der Waals surface area contributed by atoms with Gasteiger partial charge in [-0.3, -0.25) is 0 Å². The molecule has 1 aliphatic rings. The molecule has 0 fully saturated rings. The van der Waals surface area contributed by atoms with Gasteiger partial charge in [0.2, 0.25) is 20.0 Å². The Balaban J connectivity index is 2.15. The van der Waals surface area contributed by atoms with Gasteiger partial charge in [0.15, 0.2) is 0 Å². The van der Waals surface area contributed by atoms with Crippen LogP contribution in [0.15, 0.2) is 21.9 Å². The molecule has 1 aliphatic heterocycles. The molecule has 1 heterocycles. The van der Waals surface area contributed by atoms with E-state index in [4.69, 9.17) is 16.7 Å². The van der Waals surface area contributed by atoms with Crippen LogP contribution in [0, 0.1) is 10.1 Å². The molecule has 1 atom stereocenters. The highest BCUT2D eigenvalue weighted by molar-refractivity contribution is 7.90. The third kappa shape index (κ3) is 4.92. The fourth-order valence-corrected chi connectivity index (χ4v) is 4.81. The molecule has 0 aromatic heterocycles. The number of nitrogens with one attached hydrogen (secondary N) is 2. The summed E-state index contributed by atoms with van der Waals surface area (Å²) in [5, 5.41) is 16.8. The lowest BCUT2D eigenvalue weighted by molar-refractivity contribution is -0.757. The number of fused-ring (bicyclic) bond motifs is 1. The van der Waals surface area contributed by atoms with Gasteiger partial charge in [-0.25, -0.2) is 22.0 Å². The van der Waals surface area contributed by atoms with Crippen LogP contribution in [0.4, 0.5) is 5.69 Å². The van der Waals surface area contributed by atoms with Gasteiger partial charge in [0.05, 0.1) is 23.5 Å². The van der Waals surface area contributed by atoms with Crippen molar-refractivity contribution >= 4 is 37.3 Å². The first-order valence-electron chi connectivity index (χ1n) is 6.93. The number of anilines is 1. The first kappa shape index (κ1) is 19.7. The van der Waals surface area contributed by atoms with E-state index in [0.29, 0.717) is 19.3 Å². The average Bonchev–Trinajstić information content (AvgIpc) is 2.43. The molecule has 1 aromatic carbocycles. The molecule has 0 saturated carbocycles. The maximum absolute atomic E-state index is 12.3. The monoisotopic (exact) mass is 414 g/mol. The Morgan fingerprint density at radius 2 is 2.04 bits per heavy atom. The number of unbranched alkanes of at least 4 members (excludes halogenated alkanes) is 1. The number of halogens is 1. The van der Waals surface area contributed by atoms with Crippen LogP contribution >= 0.6 is 11.6 Å². The van der Waals surface area contributed by atoms with Gasteiger partial charge < -0.3 is 10.2 Å². The number of benzene rings is 1. The lowest BCUT2D eigenvalue weighted by atomic mass is 10.2. The number of hydrogen-bond acceptors (Lipinski definition) is 8. The van der Waals surface area contributed by atoms with Gasteiger partial charge in [-0.15, -0.1) is 10.1 Å². The predicted molar refractivity (Wildman–Crippen MR) is 87.4 cm³/mol. The fraction of sp³-hybridized carbons (Fsp3) is 0.455. The summed E-state index contributed by atoms with van der Waals surface area (Å²) < 4.78 is 49.9. The van der Waals surface area contributed by atoms with E-state index in [0.717, 1.165) is 6.07 Å². The first-order chi connectivity index (χ1) is 11.5. The maximum atomic E-state index is 12.3. The minimum atomic E-state index is -4.18. The van der Waals surface area contributed by atoms with Crippen molar-refractivity contribution in [1.82, 2.24) is 4.72 Å². The first-order valence-corrected chi connectivity index (χ1v) is 10.3. The molecule has 11 nitrogen and oxygen atoms in total. The van der Waals surface area contributed by atoms with Crippen molar-refractivity contribution in [1.29, 1.82) is 0 Å². The Morgan fingerprint density at radius 3 is 2.64 bits per heavy atom. The number of nitrogens with two attached hydrogens (primary N) is 1. The zero-order valence-corrected chi connectivity index (χ0v) is 15.0. The Kier molecular flexibility index (Phi) is 5.73. The van der Waals surface area contributed by atoms with E-state index in [1.807, 2.05) is 0 Å². The molecule has 0 bridgehead atoms. The minimum Gasteiger partial charge on any atom is -0.368 e. The molecular weight excluding hydrogens is 400 g/mol.